The van der Waals surface area contributed by atoms with Crippen LogP contribution in [0.15, 0.2) is 18.3 Å². The summed E-state index contributed by atoms with van der Waals surface area (Å²) in [6, 6.07) is 4.12. The zero-order chi connectivity index (χ0) is 14.9. The summed E-state index contributed by atoms with van der Waals surface area (Å²) in [5.41, 5.74) is 2.16. The number of hydrogen-bond donors (Lipinski definition) is 0. The average molecular weight is 316 g/mol. The molecule has 2 unspecified atom stereocenters. The van der Waals surface area contributed by atoms with Crippen molar-refractivity contribution in [1.82, 2.24) is 19.4 Å². The molecule has 2 fully saturated rings. The molecular weight excluding hydrogens is 292 g/mol. The average Bonchev–Trinajstić information content (AvgIpc) is 3.21. The number of nitrogens with zero attached hydrogens (tertiary/aromatic N) is 4. The first-order chi connectivity index (χ1) is 10.9. The highest BCUT2D eigenvalue weighted by Gasteiger charge is 2.30. The van der Waals surface area contributed by atoms with Gasteiger partial charge >= 0.3 is 0 Å². The van der Waals surface area contributed by atoms with Crippen LogP contribution in [-0.4, -0.2) is 44.8 Å². The quantitative estimate of drug-likeness (QED) is 0.865. The van der Waals surface area contributed by atoms with E-state index in [0.29, 0.717) is 11.3 Å². The summed E-state index contributed by atoms with van der Waals surface area (Å²) in [4.78, 5) is 12.2. The van der Waals surface area contributed by atoms with Crippen molar-refractivity contribution in [2.24, 2.45) is 0 Å². The van der Waals surface area contributed by atoms with E-state index in [0.717, 1.165) is 24.3 Å². The van der Waals surface area contributed by atoms with Crippen LogP contribution >= 0.6 is 11.8 Å². The molecule has 0 radical (unpaired) electrons. The van der Waals surface area contributed by atoms with E-state index < -0.39 is 0 Å². The minimum atomic E-state index is 0.534. The van der Waals surface area contributed by atoms with Crippen LogP contribution in [0.4, 0.5) is 0 Å². The minimum Gasteiger partial charge on any atom is -0.303 e. The van der Waals surface area contributed by atoms with Gasteiger partial charge in [-0.1, -0.05) is 6.92 Å². The van der Waals surface area contributed by atoms with Crippen LogP contribution in [0.5, 0.6) is 0 Å². The number of pyridine rings is 1. The van der Waals surface area contributed by atoms with Crippen molar-refractivity contribution in [3.63, 3.8) is 0 Å². The highest BCUT2D eigenvalue weighted by molar-refractivity contribution is 7.99. The summed E-state index contributed by atoms with van der Waals surface area (Å²) >= 11 is 2.07. The van der Waals surface area contributed by atoms with Crippen LogP contribution in [0.25, 0.3) is 11.2 Å². The third kappa shape index (κ3) is 2.54. The van der Waals surface area contributed by atoms with Gasteiger partial charge in [-0.25, -0.2) is 9.97 Å². The Bertz CT molecular complexity index is 647. The van der Waals surface area contributed by atoms with Crippen molar-refractivity contribution in [1.29, 1.82) is 0 Å². The van der Waals surface area contributed by atoms with Crippen molar-refractivity contribution < 1.29 is 0 Å². The van der Waals surface area contributed by atoms with Crippen molar-refractivity contribution in [3.05, 3.63) is 24.2 Å². The normalized spacial score (nSPS) is 26.8. The lowest BCUT2D eigenvalue weighted by atomic mass is 9.97. The molecule has 0 N–H and O–H groups in total. The fourth-order valence-electron chi connectivity index (χ4n) is 3.84. The molecule has 118 valence electrons. The van der Waals surface area contributed by atoms with Gasteiger partial charge in [0.05, 0.1) is 5.37 Å². The van der Waals surface area contributed by atoms with E-state index in [-0.39, 0.29) is 0 Å². The van der Waals surface area contributed by atoms with Gasteiger partial charge in [-0.05, 0) is 56.7 Å². The van der Waals surface area contributed by atoms with E-state index in [2.05, 4.69) is 39.2 Å². The molecule has 2 aromatic rings. The Balaban J connectivity index is 1.77. The van der Waals surface area contributed by atoms with E-state index >= 15 is 0 Å². The number of likely N-dealkylation sites (N-methyl/N-ethyl adjacent to an activating group) is 1. The van der Waals surface area contributed by atoms with Crippen molar-refractivity contribution in [2.75, 3.05) is 25.4 Å². The summed E-state index contributed by atoms with van der Waals surface area (Å²) in [5, 5.41) is 0.534. The minimum absolute atomic E-state index is 0.534. The van der Waals surface area contributed by atoms with E-state index in [1.807, 2.05) is 12.3 Å². The van der Waals surface area contributed by atoms with E-state index in [1.165, 1.54) is 43.8 Å². The van der Waals surface area contributed by atoms with Crippen LogP contribution in [0.1, 0.15) is 49.7 Å². The maximum absolute atomic E-state index is 5.01. The Labute approximate surface area is 136 Å². The predicted molar refractivity (Wildman–Crippen MR) is 92.3 cm³/mol. The smallest absolute Gasteiger partial charge is 0.160 e. The topological polar surface area (TPSA) is 34.0 Å². The summed E-state index contributed by atoms with van der Waals surface area (Å²) < 4.78 is 2.47. The van der Waals surface area contributed by atoms with E-state index in [1.54, 1.807) is 0 Å². The lowest BCUT2D eigenvalue weighted by Gasteiger charge is -2.32. The zero-order valence-corrected chi connectivity index (χ0v) is 14.1. The second kappa shape index (κ2) is 6.20. The molecule has 0 amide bonds. The molecular formula is C17H24N4S. The van der Waals surface area contributed by atoms with Crippen LogP contribution in [-0.2, 0) is 0 Å². The molecule has 0 bridgehead atoms. The number of piperidine rings is 1. The first-order valence-electron chi connectivity index (χ1n) is 8.53. The Morgan fingerprint density at radius 1 is 1.32 bits per heavy atom. The van der Waals surface area contributed by atoms with Crippen molar-refractivity contribution >= 4 is 22.9 Å². The summed E-state index contributed by atoms with van der Waals surface area (Å²) in [7, 11) is 0. The molecule has 22 heavy (non-hydrogen) atoms. The number of fused-ring (bicyclic) bond motifs is 1. The van der Waals surface area contributed by atoms with Gasteiger partial charge < -0.3 is 4.90 Å². The second-order valence-corrected chi connectivity index (χ2v) is 7.67. The molecule has 5 heteroatoms. The van der Waals surface area contributed by atoms with Crippen LogP contribution in [0.2, 0.25) is 0 Å². The highest BCUT2D eigenvalue weighted by Crippen LogP contribution is 2.40. The van der Waals surface area contributed by atoms with E-state index in [4.69, 9.17) is 4.98 Å². The molecule has 2 aromatic heterocycles. The van der Waals surface area contributed by atoms with Gasteiger partial charge in [-0.15, -0.1) is 11.8 Å². The Hall–Kier alpha value is -1.07. The van der Waals surface area contributed by atoms with Gasteiger partial charge in [0.1, 0.15) is 11.3 Å². The Morgan fingerprint density at radius 2 is 2.27 bits per heavy atom. The van der Waals surface area contributed by atoms with Crippen molar-refractivity contribution in [2.45, 2.75) is 43.9 Å². The molecule has 2 aliphatic rings. The molecule has 2 saturated heterocycles. The predicted octanol–water partition coefficient (Wildman–Crippen LogP) is 3.66. The number of imidazole rings is 1. The Morgan fingerprint density at radius 3 is 3.09 bits per heavy atom. The fraction of sp³-hybridized carbons (Fsp3) is 0.647. The first kappa shape index (κ1) is 14.5. The SMILES string of the molecule is CCN1CCCC(c2nc3cccnc3n2C2CCCS2)C1. The highest BCUT2D eigenvalue weighted by atomic mass is 32.2. The second-order valence-electron chi connectivity index (χ2n) is 6.39. The van der Waals surface area contributed by atoms with Crippen LogP contribution in [0, 0.1) is 0 Å². The van der Waals surface area contributed by atoms with Gasteiger partial charge in [-0.3, -0.25) is 4.57 Å². The van der Waals surface area contributed by atoms with Gasteiger partial charge in [0.25, 0.3) is 0 Å². The van der Waals surface area contributed by atoms with Crippen LogP contribution < -0.4 is 0 Å². The monoisotopic (exact) mass is 316 g/mol. The number of hydrogen-bond acceptors (Lipinski definition) is 4. The first-order valence-corrected chi connectivity index (χ1v) is 9.58. The molecule has 2 atom stereocenters. The standard InChI is InChI=1S/C17H24N4S/c1-2-20-10-4-6-13(12-20)16-19-14-7-3-9-18-17(14)21(16)15-8-5-11-22-15/h3,7,9,13,15H,2,4-6,8,10-12H2,1H3. The molecule has 0 aromatic carbocycles. The lowest BCUT2D eigenvalue weighted by Crippen LogP contribution is -2.35. The summed E-state index contributed by atoms with van der Waals surface area (Å²) in [6.07, 6.45) is 7.02. The number of thioether (sulfide) groups is 1. The number of rotatable bonds is 3. The van der Waals surface area contributed by atoms with Gasteiger partial charge in [0, 0.05) is 18.7 Å². The van der Waals surface area contributed by atoms with Gasteiger partial charge in [0.15, 0.2) is 5.65 Å². The lowest BCUT2D eigenvalue weighted by molar-refractivity contribution is 0.212. The summed E-state index contributed by atoms with van der Waals surface area (Å²) in [5.74, 6) is 3.11. The molecule has 4 heterocycles. The largest absolute Gasteiger partial charge is 0.303 e. The molecule has 4 rings (SSSR count). The Kier molecular flexibility index (Phi) is 4.09. The molecule has 0 saturated carbocycles. The third-order valence-electron chi connectivity index (χ3n) is 4.99. The molecule has 4 nitrogen and oxygen atoms in total. The summed E-state index contributed by atoms with van der Waals surface area (Å²) in [6.45, 7) is 5.80. The van der Waals surface area contributed by atoms with Gasteiger partial charge in [0.2, 0.25) is 0 Å². The molecule has 0 spiro atoms. The third-order valence-corrected chi connectivity index (χ3v) is 6.34. The maximum atomic E-state index is 5.01. The fourth-order valence-corrected chi connectivity index (χ4v) is 5.13. The number of aromatic nitrogens is 3. The molecule has 2 aliphatic heterocycles. The van der Waals surface area contributed by atoms with Crippen molar-refractivity contribution in [3.8, 4) is 0 Å². The molecule has 0 aliphatic carbocycles. The van der Waals surface area contributed by atoms with Crippen LogP contribution in [0.3, 0.4) is 0 Å². The van der Waals surface area contributed by atoms with Gasteiger partial charge in [-0.2, -0.15) is 0 Å². The zero-order valence-electron chi connectivity index (χ0n) is 13.2. The number of likely N-dealkylation sites (tertiary alicyclic amines) is 1. The van der Waals surface area contributed by atoms with E-state index in [9.17, 15) is 0 Å². The maximum Gasteiger partial charge on any atom is 0.160 e.